The number of aryl methyl sites for hydroxylation is 1. The van der Waals surface area contributed by atoms with Gasteiger partial charge in [-0.15, -0.1) is 0 Å². The van der Waals surface area contributed by atoms with Gasteiger partial charge in [0.25, 0.3) is 0 Å². The fourth-order valence-corrected chi connectivity index (χ4v) is 3.05. The van der Waals surface area contributed by atoms with Crippen LogP contribution in [-0.2, 0) is 11.2 Å². The number of hydrogen-bond acceptors (Lipinski definition) is 2. The van der Waals surface area contributed by atoms with Gasteiger partial charge in [-0.3, -0.25) is 9.69 Å². The average Bonchev–Trinajstić information content (AvgIpc) is 2.98. The predicted octanol–water partition coefficient (Wildman–Crippen LogP) is 3.25. The molecule has 0 spiro atoms. The van der Waals surface area contributed by atoms with Crippen LogP contribution >= 0.6 is 11.6 Å². The molecule has 0 aromatic heterocycles. The van der Waals surface area contributed by atoms with Crippen molar-refractivity contribution < 1.29 is 9.59 Å². The second-order valence-corrected chi connectivity index (χ2v) is 6.85. The Morgan fingerprint density at radius 1 is 1.08 bits per heavy atom. The lowest BCUT2D eigenvalue weighted by molar-refractivity contribution is -0.121. The molecule has 2 aromatic carbocycles. The van der Waals surface area contributed by atoms with Crippen molar-refractivity contribution in [3.05, 3.63) is 64.7 Å². The zero-order valence-electron chi connectivity index (χ0n) is 14.7. The van der Waals surface area contributed by atoms with Crippen molar-refractivity contribution in [2.75, 3.05) is 31.1 Å². The Labute approximate surface area is 158 Å². The Balaban J connectivity index is 1.46. The van der Waals surface area contributed by atoms with Crippen LogP contribution in [0.25, 0.3) is 0 Å². The lowest BCUT2D eigenvalue weighted by Gasteiger charge is -2.18. The normalized spacial score (nSPS) is 14.0. The number of nitrogens with one attached hydrogen (secondary N) is 1. The Bertz CT molecular complexity index is 775. The van der Waals surface area contributed by atoms with Crippen molar-refractivity contribution in [3.8, 4) is 0 Å². The van der Waals surface area contributed by atoms with Gasteiger partial charge in [0.1, 0.15) is 6.54 Å². The van der Waals surface area contributed by atoms with Crippen molar-refractivity contribution >= 4 is 29.2 Å². The van der Waals surface area contributed by atoms with Crippen LogP contribution in [0.1, 0.15) is 11.1 Å². The molecule has 6 heteroatoms. The largest absolute Gasteiger partial charge is 0.354 e. The van der Waals surface area contributed by atoms with E-state index in [2.05, 4.69) is 5.32 Å². The maximum absolute atomic E-state index is 12.5. The van der Waals surface area contributed by atoms with Gasteiger partial charge in [-0.2, -0.15) is 0 Å². The van der Waals surface area contributed by atoms with Crippen LogP contribution in [-0.4, -0.2) is 43.0 Å². The minimum atomic E-state index is -0.141. The second kappa shape index (κ2) is 8.23. The summed E-state index contributed by atoms with van der Waals surface area (Å²) in [5.41, 5.74) is 3.13. The Kier molecular flexibility index (Phi) is 5.78. The SMILES string of the molecule is Cc1ccc(N2CCN(CC(=O)NCCc3ccc(Cl)cc3)C2=O)cc1. The Morgan fingerprint density at radius 2 is 1.77 bits per heavy atom. The van der Waals surface area contributed by atoms with Crippen LogP contribution in [0.5, 0.6) is 0 Å². The highest BCUT2D eigenvalue weighted by Gasteiger charge is 2.30. The van der Waals surface area contributed by atoms with E-state index in [9.17, 15) is 9.59 Å². The summed E-state index contributed by atoms with van der Waals surface area (Å²) in [5, 5.41) is 3.57. The van der Waals surface area contributed by atoms with Gasteiger partial charge < -0.3 is 10.2 Å². The molecule has 0 bridgehead atoms. The number of carbonyl (C=O) groups is 2. The first kappa shape index (κ1) is 18.3. The van der Waals surface area contributed by atoms with Crippen molar-refractivity contribution in [2.45, 2.75) is 13.3 Å². The standard InChI is InChI=1S/C20H22ClN3O2/c1-15-2-8-18(9-3-15)24-13-12-23(20(24)26)14-19(25)22-11-10-16-4-6-17(21)7-5-16/h2-9H,10-14H2,1H3,(H,22,25). The number of anilines is 1. The van der Waals surface area contributed by atoms with Gasteiger partial charge in [0.15, 0.2) is 0 Å². The van der Waals surface area contributed by atoms with Gasteiger partial charge in [0.2, 0.25) is 5.91 Å². The number of nitrogens with zero attached hydrogens (tertiary/aromatic N) is 2. The zero-order valence-corrected chi connectivity index (χ0v) is 15.5. The van der Waals surface area contributed by atoms with Crippen molar-refractivity contribution in [1.82, 2.24) is 10.2 Å². The number of benzene rings is 2. The molecule has 2 aromatic rings. The molecule has 3 amide bonds. The molecule has 0 radical (unpaired) electrons. The summed E-state index contributed by atoms with van der Waals surface area (Å²) in [5.74, 6) is -0.141. The Morgan fingerprint density at radius 3 is 2.46 bits per heavy atom. The topological polar surface area (TPSA) is 52.6 Å². The molecule has 1 heterocycles. The molecule has 1 aliphatic rings. The molecule has 0 atom stereocenters. The third-order valence-electron chi connectivity index (χ3n) is 4.42. The highest BCUT2D eigenvalue weighted by Crippen LogP contribution is 2.20. The van der Waals surface area contributed by atoms with Crippen LogP contribution < -0.4 is 10.2 Å². The molecule has 136 valence electrons. The van der Waals surface area contributed by atoms with E-state index in [4.69, 9.17) is 11.6 Å². The lowest BCUT2D eigenvalue weighted by atomic mass is 10.1. The number of carbonyl (C=O) groups excluding carboxylic acids is 2. The molecule has 1 fully saturated rings. The maximum atomic E-state index is 12.5. The van der Waals surface area contributed by atoms with E-state index in [0.717, 1.165) is 23.2 Å². The molecule has 1 saturated heterocycles. The van der Waals surface area contributed by atoms with E-state index in [1.165, 1.54) is 0 Å². The fraction of sp³-hybridized carbons (Fsp3) is 0.300. The summed E-state index contributed by atoms with van der Waals surface area (Å²) >= 11 is 5.86. The minimum Gasteiger partial charge on any atom is -0.354 e. The molecular formula is C20H22ClN3O2. The van der Waals surface area contributed by atoms with Crippen LogP contribution in [0, 0.1) is 6.92 Å². The van der Waals surface area contributed by atoms with E-state index in [1.807, 2.05) is 55.5 Å². The minimum absolute atomic E-state index is 0.0851. The zero-order chi connectivity index (χ0) is 18.5. The third kappa shape index (κ3) is 4.55. The highest BCUT2D eigenvalue weighted by molar-refractivity contribution is 6.30. The molecule has 26 heavy (non-hydrogen) atoms. The van der Waals surface area contributed by atoms with E-state index in [-0.39, 0.29) is 18.5 Å². The number of urea groups is 1. The van der Waals surface area contributed by atoms with Gasteiger partial charge in [-0.1, -0.05) is 41.4 Å². The average molecular weight is 372 g/mol. The molecule has 1 N–H and O–H groups in total. The van der Waals surface area contributed by atoms with Crippen LogP contribution in [0.15, 0.2) is 48.5 Å². The first-order valence-electron chi connectivity index (χ1n) is 8.67. The van der Waals surface area contributed by atoms with Crippen LogP contribution in [0.4, 0.5) is 10.5 Å². The van der Waals surface area contributed by atoms with Crippen molar-refractivity contribution in [2.24, 2.45) is 0 Å². The number of halogens is 1. The van der Waals surface area contributed by atoms with Gasteiger partial charge >= 0.3 is 6.03 Å². The summed E-state index contributed by atoms with van der Waals surface area (Å²) in [6, 6.07) is 15.3. The molecule has 0 unspecified atom stereocenters. The predicted molar refractivity (Wildman–Crippen MR) is 104 cm³/mol. The summed E-state index contributed by atoms with van der Waals surface area (Å²) in [6.07, 6.45) is 0.729. The quantitative estimate of drug-likeness (QED) is 0.847. The number of hydrogen-bond donors (Lipinski definition) is 1. The third-order valence-corrected chi connectivity index (χ3v) is 4.68. The van der Waals surface area contributed by atoms with Gasteiger partial charge in [0, 0.05) is 30.3 Å². The van der Waals surface area contributed by atoms with Gasteiger partial charge in [-0.25, -0.2) is 4.79 Å². The van der Waals surface area contributed by atoms with Crippen molar-refractivity contribution in [1.29, 1.82) is 0 Å². The highest BCUT2D eigenvalue weighted by atomic mass is 35.5. The van der Waals surface area contributed by atoms with E-state index in [0.29, 0.717) is 24.7 Å². The fourth-order valence-electron chi connectivity index (χ4n) is 2.92. The molecule has 0 aliphatic carbocycles. The molecule has 1 aliphatic heterocycles. The second-order valence-electron chi connectivity index (χ2n) is 6.42. The molecule has 3 rings (SSSR count). The summed E-state index contributed by atoms with van der Waals surface area (Å²) < 4.78 is 0. The van der Waals surface area contributed by atoms with Crippen LogP contribution in [0.2, 0.25) is 5.02 Å². The van der Waals surface area contributed by atoms with E-state index in [1.54, 1.807) is 9.80 Å². The molecular weight excluding hydrogens is 350 g/mol. The lowest BCUT2D eigenvalue weighted by Crippen LogP contribution is -2.40. The van der Waals surface area contributed by atoms with Gasteiger partial charge in [0.05, 0.1) is 0 Å². The van der Waals surface area contributed by atoms with Gasteiger partial charge in [-0.05, 0) is 43.2 Å². The van der Waals surface area contributed by atoms with E-state index >= 15 is 0 Å². The smallest absolute Gasteiger partial charge is 0.325 e. The number of amides is 3. The van der Waals surface area contributed by atoms with Crippen LogP contribution in [0.3, 0.4) is 0 Å². The molecule has 0 saturated carbocycles. The summed E-state index contributed by atoms with van der Waals surface area (Å²) in [4.78, 5) is 27.9. The number of rotatable bonds is 6. The first-order valence-corrected chi connectivity index (χ1v) is 9.05. The maximum Gasteiger partial charge on any atom is 0.325 e. The summed E-state index contributed by atoms with van der Waals surface area (Å²) in [7, 11) is 0. The molecule has 5 nitrogen and oxygen atoms in total. The summed E-state index contributed by atoms with van der Waals surface area (Å²) in [6.45, 7) is 3.78. The van der Waals surface area contributed by atoms with Crippen molar-refractivity contribution in [3.63, 3.8) is 0 Å². The first-order chi connectivity index (χ1) is 12.5. The Hall–Kier alpha value is -2.53. The van der Waals surface area contributed by atoms with E-state index < -0.39 is 0 Å². The monoisotopic (exact) mass is 371 g/mol.